The van der Waals surface area contributed by atoms with E-state index < -0.39 is 79.8 Å². The number of ether oxygens (including phenoxy) is 2. The number of carbonyl (C=O) groups excluding carboxylic acids is 4. The Morgan fingerprint density at radius 2 is 1.79 bits per heavy atom. The second-order valence-corrected chi connectivity index (χ2v) is 19.5. The quantitative estimate of drug-likeness (QED) is 0.279. The van der Waals surface area contributed by atoms with Gasteiger partial charge in [-0.3, -0.25) is 23.9 Å². The molecule has 15 heteroatoms. The Balaban J connectivity index is 1.15. The third kappa shape index (κ3) is 7.06. The molecule has 6 aliphatic rings. The lowest BCUT2D eigenvalue weighted by molar-refractivity contribution is -0.154. The van der Waals surface area contributed by atoms with Gasteiger partial charge in [0.25, 0.3) is 11.8 Å². The van der Waals surface area contributed by atoms with E-state index >= 15 is 8.78 Å². The van der Waals surface area contributed by atoms with Crippen LogP contribution in [0.5, 0.6) is 5.75 Å². The molecule has 56 heavy (non-hydrogen) atoms. The molecule has 1 spiro atoms. The summed E-state index contributed by atoms with van der Waals surface area (Å²) in [7, 11) is -4.06. The van der Waals surface area contributed by atoms with Gasteiger partial charge in [-0.1, -0.05) is 43.2 Å². The number of aryl methyl sites for hydroxylation is 1. The number of nitrogens with zero attached hydrogens (tertiary/aromatic N) is 2. The van der Waals surface area contributed by atoms with Crippen LogP contribution in [0.3, 0.4) is 0 Å². The second kappa shape index (κ2) is 14.1. The average molecular weight is 797 g/mol. The molecule has 2 aromatic rings. The van der Waals surface area contributed by atoms with Gasteiger partial charge in [0.15, 0.2) is 5.75 Å². The van der Waals surface area contributed by atoms with Gasteiger partial charge in [-0.25, -0.2) is 22.2 Å². The predicted molar refractivity (Wildman–Crippen MR) is 201 cm³/mol. The number of benzene rings is 1. The highest BCUT2D eigenvalue weighted by Gasteiger charge is 2.65. The topological polar surface area (TPSA) is 161 Å². The summed E-state index contributed by atoms with van der Waals surface area (Å²) in [4.78, 5) is 62.4. The summed E-state index contributed by atoms with van der Waals surface area (Å²) in [5.41, 5.74) is -3.04. The monoisotopic (exact) mass is 796 g/mol. The fourth-order valence-corrected chi connectivity index (χ4v) is 10.6. The van der Waals surface area contributed by atoms with Gasteiger partial charge in [-0.2, -0.15) is 0 Å². The standard InChI is InChI=1S/C41H50F2N4O8S/c1-25-34-33(29-16-10-11-17-30(29)44-25)41(42,43)23-39(55-34)22-31-35(49)45-40(37(51)46-56(52,53)38(2)18-19-38)21-27(40)13-7-5-3-4-6-12-26(36(50)47(31)24-39)20-32(48)54-28-14-8-9-15-28/h7,10-11,13,16-17,26-28,31H,3-6,8-9,12,14-15,18-24H2,1-2H3,(H,45,49)(H,46,51)/b13-7-/t26-,27-,31+,39+,40-/m1/s1. The number of hydrogen-bond acceptors (Lipinski definition) is 9. The molecular weight excluding hydrogens is 747 g/mol. The van der Waals surface area contributed by atoms with Gasteiger partial charge in [0.2, 0.25) is 21.8 Å². The zero-order valence-electron chi connectivity index (χ0n) is 31.9. The summed E-state index contributed by atoms with van der Waals surface area (Å²) < 4.78 is 73.1. The lowest BCUT2D eigenvalue weighted by Gasteiger charge is -2.40. The number of sulfonamides is 1. The number of esters is 1. The second-order valence-electron chi connectivity index (χ2n) is 17.3. The van der Waals surface area contributed by atoms with E-state index in [2.05, 4.69) is 15.0 Å². The van der Waals surface area contributed by atoms with Crippen molar-refractivity contribution in [3.05, 3.63) is 47.7 Å². The van der Waals surface area contributed by atoms with Crippen LogP contribution in [0.2, 0.25) is 0 Å². The molecule has 3 amide bonds. The Morgan fingerprint density at radius 1 is 1.05 bits per heavy atom. The average Bonchev–Trinajstić information content (AvgIpc) is 3.93. The largest absolute Gasteiger partial charge is 0.483 e. The number of allylic oxidation sites excluding steroid dienone is 1. The molecule has 5 atom stereocenters. The SMILES string of the molecule is Cc1nc2ccccc2c2c1O[C@@]1(C[C@H]3C(=O)N[C@]4(C(=O)NS(=O)(=O)C5(C)CC5)C[C@H]4/C=C\CCCCC[C@H](CC(=O)OC4CCCC4)C(=O)N3C1)CC2(F)F. The van der Waals surface area contributed by atoms with E-state index in [1.165, 1.54) is 4.90 Å². The van der Waals surface area contributed by atoms with Crippen molar-refractivity contribution in [1.29, 1.82) is 0 Å². The van der Waals surface area contributed by atoms with Crippen LogP contribution >= 0.6 is 0 Å². The zero-order valence-corrected chi connectivity index (χ0v) is 32.7. The van der Waals surface area contributed by atoms with Crippen LogP contribution in [0, 0.1) is 18.8 Å². The van der Waals surface area contributed by atoms with Gasteiger partial charge < -0.3 is 19.7 Å². The van der Waals surface area contributed by atoms with Crippen molar-refractivity contribution in [3.8, 4) is 5.75 Å². The summed E-state index contributed by atoms with van der Waals surface area (Å²) in [5.74, 6) is -7.70. The molecule has 4 heterocycles. The minimum atomic E-state index is -4.06. The number of para-hydroxylation sites is 1. The molecule has 2 N–H and O–H groups in total. The third-order valence-corrected chi connectivity index (χ3v) is 15.1. The number of aromatic nitrogens is 1. The summed E-state index contributed by atoms with van der Waals surface area (Å²) in [6.07, 6.45) is 9.50. The van der Waals surface area contributed by atoms with E-state index in [0.29, 0.717) is 37.6 Å². The number of fused-ring (bicyclic) bond motifs is 5. The van der Waals surface area contributed by atoms with Crippen LogP contribution in [0.4, 0.5) is 8.78 Å². The van der Waals surface area contributed by atoms with E-state index in [-0.39, 0.29) is 54.3 Å². The number of pyridine rings is 1. The van der Waals surface area contributed by atoms with E-state index in [0.717, 1.165) is 38.5 Å². The minimum absolute atomic E-state index is 0.103. The van der Waals surface area contributed by atoms with E-state index in [1.807, 2.05) is 12.2 Å². The van der Waals surface area contributed by atoms with Crippen LogP contribution in [0.15, 0.2) is 36.4 Å². The van der Waals surface area contributed by atoms with Gasteiger partial charge in [0.1, 0.15) is 23.3 Å². The molecule has 12 nitrogen and oxygen atoms in total. The third-order valence-electron chi connectivity index (χ3n) is 13.0. The molecule has 3 aliphatic carbocycles. The fraction of sp³-hybridized carbons (Fsp3) is 0.634. The van der Waals surface area contributed by atoms with Crippen LogP contribution in [-0.2, 0) is 39.9 Å². The summed E-state index contributed by atoms with van der Waals surface area (Å²) in [6, 6.07) is 5.20. The number of rotatable bonds is 6. The summed E-state index contributed by atoms with van der Waals surface area (Å²) in [6.45, 7) is 2.76. The maximum Gasteiger partial charge on any atom is 0.306 e. The smallest absolute Gasteiger partial charge is 0.306 e. The van der Waals surface area contributed by atoms with Crippen molar-refractivity contribution in [2.75, 3.05) is 6.54 Å². The van der Waals surface area contributed by atoms with Crippen molar-refractivity contribution in [2.45, 2.75) is 144 Å². The number of amides is 3. The van der Waals surface area contributed by atoms with Gasteiger partial charge in [-0.15, -0.1) is 0 Å². The Bertz CT molecular complexity index is 2100. The molecule has 1 aromatic heterocycles. The van der Waals surface area contributed by atoms with Crippen molar-refractivity contribution in [3.63, 3.8) is 0 Å². The Labute approximate surface area is 325 Å². The first kappa shape index (κ1) is 38.7. The minimum Gasteiger partial charge on any atom is -0.483 e. The summed E-state index contributed by atoms with van der Waals surface area (Å²) in [5, 5.41) is 3.06. The first-order valence-corrected chi connectivity index (χ1v) is 21.6. The normalized spacial score (nSPS) is 31.9. The highest BCUT2D eigenvalue weighted by atomic mass is 32.2. The molecule has 3 saturated carbocycles. The number of carbonyl (C=O) groups is 4. The van der Waals surface area contributed by atoms with E-state index in [9.17, 15) is 27.6 Å². The summed E-state index contributed by atoms with van der Waals surface area (Å²) >= 11 is 0. The predicted octanol–water partition coefficient (Wildman–Crippen LogP) is 5.64. The molecular formula is C41H50F2N4O8S. The first-order valence-electron chi connectivity index (χ1n) is 20.1. The molecule has 1 saturated heterocycles. The van der Waals surface area contributed by atoms with E-state index in [1.54, 1.807) is 38.1 Å². The Kier molecular flexibility index (Phi) is 9.72. The van der Waals surface area contributed by atoms with Crippen LogP contribution in [-0.4, -0.2) is 76.6 Å². The molecule has 4 fully saturated rings. The Morgan fingerprint density at radius 3 is 2.54 bits per heavy atom. The number of nitrogens with one attached hydrogen (secondary N) is 2. The molecule has 3 aliphatic heterocycles. The van der Waals surface area contributed by atoms with Crippen LogP contribution in [0.25, 0.3) is 10.9 Å². The highest BCUT2D eigenvalue weighted by molar-refractivity contribution is 7.91. The molecule has 1 aromatic carbocycles. The fourth-order valence-electron chi connectivity index (χ4n) is 9.31. The lowest BCUT2D eigenvalue weighted by Crippen LogP contribution is -2.57. The number of hydrogen-bond donors (Lipinski definition) is 2. The van der Waals surface area contributed by atoms with Crippen molar-refractivity contribution in [2.24, 2.45) is 11.8 Å². The van der Waals surface area contributed by atoms with Gasteiger partial charge in [-0.05, 0) is 84.1 Å². The van der Waals surface area contributed by atoms with Gasteiger partial charge in [0.05, 0.1) is 40.9 Å². The van der Waals surface area contributed by atoms with Crippen molar-refractivity contribution >= 4 is 44.6 Å². The number of halogens is 2. The maximum atomic E-state index is 16.6. The van der Waals surface area contributed by atoms with Crippen molar-refractivity contribution < 1.29 is 45.9 Å². The Hall–Kier alpha value is -4.14. The van der Waals surface area contributed by atoms with Gasteiger partial charge >= 0.3 is 5.97 Å². The molecule has 302 valence electrons. The molecule has 0 radical (unpaired) electrons. The maximum absolute atomic E-state index is 16.6. The first-order chi connectivity index (χ1) is 26.6. The number of alkyl halides is 2. The lowest BCUT2D eigenvalue weighted by atomic mass is 9.84. The molecule has 0 bridgehead atoms. The van der Waals surface area contributed by atoms with Crippen LogP contribution < -0.4 is 14.8 Å². The van der Waals surface area contributed by atoms with E-state index in [4.69, 9.17) is 9.47 Å². The molecule has 8 rings (SSSR count). The zero-order chi connectivity index (χ0) is 39.7. The van der Waals surface area contributed by atoms with Gasteiger partial charge in [0, 0.05) is 23.6 Å². The molecule has 0 unspecified atom stereocenters. The van der Waals surface area contributed by atoms with Crippen molar-refractivity contribution in [1.82, 2.24) is 19.9 Å². The van der Waals surface area contributed by atoms with Crippen LogP contribution in [0.1, 0.15) is 114 Å². The highest BCUT2D eigenvalue weighted by Crippen LogP contribution is 2.54.